The molecule has 2 atom stereocenters. The van der Waals surface area contributed by atoms with E-state index in [0.29, 0.717) is 24.3 Å². The third-order valence-electron chi connectivity index (χ3n) is 4.65. The number of nitrogens with zero attached hydrogens (tertiary/aromatic N) is 2. The lowest BCUT2D eigenvalue weighted by atomic mass is 10.1. The fraction of sp³-hybridized carbons (Fsp3) is 0.381. The summed E-state index contributed by atoms with van der Waals surface area (Å²) in [6, 6.07) is 12.9. The van der Waals surface area contributed by atoms with Crippen molar-refractivity contribution in [2.75, 3.05) is 12.3 Å². The molecule has 2 amide bonds. The van der Waals surface area contributed by atoms with E-state index in [0.717, 1.165) is 17.7 Å². The zero-order chi connectivity index (χ0) is 19.2. The lowest BCUT2D eigenvalue weighted by Gasteiger charge is -2.28. The highest BCUT2D eigenvalue weighted by Crippen LogP contribution is 2.32. The Morgan fingerprint density at radius 3 is 2.81 bits per heavy atom. The van der Waals surface area contributed by atoms with Crippen LogP contribution in [0.15, 0.2) is 48.7 Å². The van der Waals surface area contributed by atoms with Crippen LogP contribution >= 0.6 is 11.8 Å². The molecule has 0 radical (unpaired) electrons. The number of pyridine rings is 1. The first-order valence-corrected chi connectivity index (χ1v) is 10.3. The van der Waals surface area contributed by atoms with Gasteiger partial charge in [0.05, 0.1) is 5.37 Å². The van der Waals surface area contributed by atoms with Crippen LogP contribution in [-0.2, 0) is 11.2 Å². The smallest absolute Gasteiger partial charge is 0.255 e. The summed E-state index contributed by atoms with van der Waals surface area (Å²) in [7, 11) is 0. The molecule has 27 heavy (non-hydrogen) atoms. The van der Waals surface area contributed by atoms with Gasteiger partial charge in [-0.05, 0) is 37.6 Å². The van der Waals surface area contributed by atoms with Crippen LogP contribution in [0.25, 0.3) is 0 Å². The number of thioether (sulfide) groups is 1. The Morgan fingerprint density at radius 2 is 2.11 bits per heavy atom. The summed E-state index contributed by atoms with van der Waals surface area (Å²) in [6.07, 6.45) is 3.24. The van der Waals surface area contributed by atoms with Crippen LogP contribution < -0.4 is 5.32 Å². The second-order valence-electron chi connectivity index (χ2n) is 6.66. The molecule has 1 N–H and O–H groups in total. The number of aryl methyl sites for hydroxylation is 1. The highest BCUT2D eigenvalue weighted by Gasteiger charge is 2.40. The van der Waals surface area contributed by atoms with Gasteiger partial charge in [0.1, 0.15) is 6.04 Å². The van der Waals surface area contributed by atoms with Crippen molar-refractivity contribution in [3.63, 3.8) is 0 Å². The lowest BCUT2D eigenvalue weighted by molar-refractivity contribution is -0.124. The van der Waals surface area contributed by atoms with Gasteiger partial charge < -0.3 is 10.2 Å². The zero-order valence-corrected chi connectivity index (χ0v) is 16.5. The van der Waals surface area contributed by atoms with Gasteiger partial charge in [-0.3, -0.25) is 14.6 Å². The largest absolute Gasteiger partial charge is 0.354 e. The van der Waals surface area contributed by atoms with E-state index >= 15 is 0 Å². The first-order chi connectivity index (χ1) is 13.1. The normalized spacial score (nSPS) is 19.1. The number of carbonyl (C=O) groups is 2. The molecule has 2 unspecified atom stereocenters. The van der Waals surface area contributed by atoms with Gasteiger partial charge in [-0.2, -0.15) is 0 Å². The van der Waals surface area contributed by atoms with E-state index in [1.54, 1.807) is 22.9 Å². The number of rotatable bonds is 6. The third kappa shape index (κ3) is 4.69. The Labute approximate surface area is 164 Å². The summed E-state index contributed by atoms with van der Waals surface area (Å²) in [5.41, 5.74) is 2.62. The first-order valence-electron chi connectivity index (χ1n) is 9.28. The summed E-state index contributed by atoms with van der Waals surface area (Å²) >= 11 is 1.68. The fourth-order valence-corrected chi connectivity index (χ4v) is 4.61. The van der Waals surface area contributed by atoms with Crippen LogP contribution in [0.2, 0.25) is 0 Å². The molecule has 1 aromatic carbocycles. The van der Waals surface area contributed by atoms with Crippen LogP contribution in [0.1, 0.15) is 35.0 Å². The third-order valence-corrected chi connectivity index (χ3v) is 6.10. The van der Waals surface area contributed by atoms with Gasteiger partial charge in [0, 0.05) is 36.2 Å². The van der Waals surface area contributed by atoms with Gasteiger partial charge in [-0.25, -0.2) is 0 Å². The Bertz CT molecular complexity index is 797. The molecule has 0 spiro atoms. The molecule has 0 aliphatic carbocycles. The molecule has 1 aromatic heterocycles. The number of benzene rings is 1. The minimum Gasteiger partial charge on any atom is -0.354 e. The van der Waals surface area contributed by atoms with E-state index in [2.05, 4.69) is 17.2 Å². The number of carbonyl (C=O) groups excluding carboxylic acids is 2. The topological polar surface area (TPSA) is 62.3 Å². The van der Waals surface area contributed by atoms with Crippen molar-refractivity contribution in [1.82, 2.24) is 15.2 Å². The molecule has 1 fully saturated rings. The lowest BCUT2D eigenvalue weighted by Crippen LogP contribution is -2.50. The monoisotopic (exact) mass is 383 g/mol. The molecule has 1 aliphatic heterocycles. The molecule has 142 valence electrons. The molecule has 3 rings (SSSR count). The van der Waals surface area contributed by atoms with Crippen molar-refractivity contribution >= 4 is 23.6 Å². The molecule has 6 heteroatoms. The van der Waals surface area contributed by atoms with E-state index in [4.69, 9.17) is 0 Å². The van der Waals surface area contributed by atoms with Gasteiger partial charge >= 0.3 is 0 Å². The van der Waals surface area contributed by atoms with E-state index < -0.39 is 6.04 Å². The van der Waals surface area contributed by atoms with Gasteiger partial charge in [0.2, 0.25) is 5.91 Å². The molecule has 2 heterocycles. The number of hydrogen-bond donors (Lipinski definition) is 1. The molecular weight excluding hydrogens is 358 g/mol. The van der Waals surface area contributed by atoms with Gasteiger partial charge in [-0.1, -0.05) is 30.7 Å². The number of aromatic nitrogens is 1. The first kappa shape index (κ1) is 19.4. The van der Waals surface area contributed by atoms with Crippen molar-refractivity contribution < 1.29 is 9.59 Å². The Morgan fingerprint density at radius 1 is 1.26 bits per heavy atom. The summed E-state index contributed by atoms with van der Waals surface area (Å²) in [6.45, 7) is 4.53. The number of amides is 2. The SMILES string of the molecule is CCC1SCC(C(=O)NCCc2ccccn2)N1C(=O)c1cccc(C)c1. The van der Waals surface area contributed by atoms with E-state index in [1.807, 2.05) is 49.4 Å². The zero-order valence-electron chi connectivity index (χ0n) is 15.7. The number of hydrogen-bond acceptors (Lipinski definition) is 4. The molecule has 0 saturated carbocycles. The molecule has 2 aromatic rings. The summed E-state index contributed by atoms with van der Waals surface area (Å²) in [4.78, 5) is 31.9. The fourth-order valence-electron chi connectivity index (χ4n) is 3.26. The highest BCUT2D eigenvalue weighted by atomic mass is 32.2. The number of nitrogens with one attached hydrogen (secondary N) is 1. The van der Waals surface area contributed by atoms with Crippen molar-refractivity contribution in [1.29, 1.82) is 0 Å². The van der Waals surface area contributed by atoms with Crippen molar-refractivity contribution in [2.24, 2.45) is 0 Å². The Kier molecular flexibility index (Phi) is 6.50. The van der Waals surface area contributed by atoms with Crippen LogP contribution in [0, 0.1) is 6.92 Å². The highest BCUT2D eigenvalue weighted by molar-refractivity contribution is 8.00. The van der Waals surface area contributed by atoms with Crippen LogP contribution in [0.5, 0.6) is 0 Å². The predicted octanol–water partition coefficient (Wildman–Crippen LogP) is 3.04. The standard InChI is InChI=1S/C21H25N3O2S/c1-3-19-24(21(26)16-8-6-7-15(2)13-16)18(14-27-19)20(25)23-12-10-17-9-4-5-11-22-17/h4-9,11,13,18-19H,3,10,12,14H2,1-2H3,(H,23,25). The van der Waals surface area contributed by atoms with Crippen molar-refractivity contribution in [3.8, 4) is 0 Å². The summed E-state index contributed by atoms with van der Waals surface area (Å²) < 4.78 is 0. The minimum atomic E-state index is -0.434. The average Bonchev–Trinajstić information content (AvgIpc) is 3.12. The Hall–Kier alpha value is -2.34. The second kappa shape index (κ2) is 9.04. The van der Waals surface area contributed by atoms with Crippen LogP contribution in [-0.4, -0.2) is 45.4 Å². The summed E-state index contributed by atoms with van der Waals surface area (Å²) in [5.74, 6) is 0.474. The van der Waals surface area contributed by atoms with Crippen LogP contribution in [0.4, 0.5) is 0 Å². The van der Waals surface area contributed by atoms with Crippen molar-refractivity contribution in [3.05, 3.63) is 65.5 Å². The van der Waals surface area contributed by atoms with E-state index in [9.17, 15) is 9.59 Å². The molecule has 1 saturated heterocycles. The maximum Gasteiger partial charge on any atom is 0.255 e. The second-order valence-corrected chi connectivity index (χ2v) is 7.87. The predicted molar refractivity (Wildman–Crippen MR) is 109 cm³/mol. The molecular formula is C21H25N3O2S. The van der Waals surface area contributed by atoms with Gasteiger partial charge in [0.15, 0.2) is 0 Å². The van der Waals surface area contributed by atoms with E-state index in [1.165, 1.54) is 0 Å². The molecule has 1 aliphatic rings. The minimum absolute atomic E-state index is 0.0320. The maximum absolute atomic E-state index is 13.1. The Balaban J connectivity index is 1.67. The maximum atomic E-state index is 13.1. The quantitative estimate of drug-likeness (QED) is 0.833. The van der Waals surface area contributed by atoms with E-state index in [-0.39, 0.29) is 17.2 Å². The average molecular weight is 384 g/mol. The van der Waals surface area contributed by atoms with Crippen molar-refractivity contribution in [2.45, 2.75) is 38.1 Å². The van der Waals surface area contributed by atoms with Gasteiger partial charge in [-0.15, -0.1) is 11.8 Å². The summed E-state index contributed by atoms with van der Waals surface area (Å²) in [5, 5.41) is 3.01. The molecule has 0 bridgehead atoms. The van der Waals surface area contributed by atoms with Crippen LogP contribution in [0.3, 0.4) is 0 Å². The molecule has 5 nitrogen and oxygen atoms in total. The van der Waals surface area contributed by atoms with Gasteiger partial charge in [0.25, 0.3) is 5.91 Å².